The summed E-state index contributed by atoms with van der Waals surface area (Å²) in [5.74, 6) is 0.576. The molecule has 0 saturated carbocycles. The molecule has 0 aliphatic carbocycles. The Kier molecular flexibility index (Phi) is 9.28. The molecule has 160 valence electrons. The van der Waals surface area contributed by atoms with Crippen LogP contribution >= 0.6 is 8.58 Å². The fourth-order valence-electron chi connectivity index (χ4n) is 2.59. The molecule has 30 heavy (non-hydrogen) atoms. The summed E-state index contributed by atoms with van der Waals surface area (Å²) in [5.41, 5.74) is -5.90. The minimum Gasteiger partial charge on any atom is -1.00 e. The molecule has 1 unspecified atom stereocenters. The molecule has 0 fully saturated rings. The molecule has 0 radical (unpaired) electrons. The summed E-state index contributed by atoms with van der Waals surface area (Å²) in [6.45, 7) is 3.93. The summed E-state index contributed by atoms with van der Waals surface area (Å²) in [6.07, 6.45) is -10.2. The van der Waals surface area contributed by atoms with Gasteiger partial charge in [0, 0.05) is 16.9 Å². The van der Waals surface area contributed by atoms with Gasteiger partial charge < -0.3 is 10.9 Å². The number of carbonyl (C=O) groups is 1. The molecule has 0 heterocycles. The van der Waals surface area contributed by atoms with Gasteiger partial charge in [0.05, 0.1) is 24.3 Å². The van der Waals surface area contributed by atoms with Crippen LogP contribution in [0.5, 0.6) is 11.5 Å². The van der Waals surface area contributed by atoms with Crippen LogP contribution < -0.4 is 33.6 Å². The second-order valence-electron chi connectivity index (χ2n) is 5.70. The minimum atomic E-state index is -5.11. The van der Waals surface area contributed by atoms with Crippen LogP contribution in [0.25, 0.3) is 0 Å². The van der Waals surface area contributed by atoms with E-state index in [1.807, 2.05) is 0 Å². The van der Waals surface area contributed by atoms with E-state index in [-0.39, 0.29) is 37.9 Å². The zero-order chi connectivity index (χ0) is 21.8. The van der Waals surface area contributed by atoms with Crippen LogP contribution in [0.1, 0.15) is 36.8 Å². The topological polar surface area (TPSA) is 35.5 Å². The Morgan fingerprint density at radius 2 is 1.47 bits per heavy atom. The minimum absolute atomic E-state index is 0. The number of alkyl halides is 6. The third-order valence-corrected chi connectivity index (χ3v) is 4.87. The first-order chi connectivity index (χ1) is 13.5. The molecule has 0 aliphatic heterocycles. The molecule has 0 aromatic heterocycles. The Morgan fingerprint density at radius 1 is 0.933 bits per heavy atom. The summed E-state index contributed by atoms with van der Waals surface area (Å²) in [6, 6.07) is 5.89. The third-order valence-electron chi connectivity index (χ3n) is 3.71. The van der Waals surface area contributed by atoms with Gasteiger partial charge in [0.1, 0.15) is 11.5 Å². The molecule has 0 saturated heterocycles. The Labute approximate surface area is 184 Å². The number of benzene rings is 2. The average Bonchev–Trinajstić information content (AvgIpc) is 2.62. The van der Waals surface area contributed by atoms with Crippen molar-refractivity contribution >= 4 is 19.4 Å². The van der Waals surface area contributed by atoms with Crippen molar-refractivity contribution < 1.29 is 60.9 Å². The van der Waals surface area contributed by atoms with E-state index in [0.717, 1.165) is 0 Å². The van der Waals surface area contributed by atoms with Gasteiger partial charge in [-0.15, -0.1) is 0 Å². The van der Waals surface area contributed by atoms with Crippen LogP contribution in [0.15, 0.2) is 36.4 Å². The first kappa shape index (κ1) is 26.4. The van der Waals surface area contributed by atoms with E-state index in [2.05, 4.69) is 0 Å². The number of halogens is 6. The van der Waals surface area contributed by atoms with Crippen molar-refractivity contribution in [1.29, 1.82) is 0 Å². The summed E-state index contributed by atoms with van der Waals surface area (Å²) >= 11 is 0. The molecule has 2 aromatic carbocycles. The third kappa shape index (κ3) is 6.41. The van der Waals surface area contributed by atoms with Crippen molar-refractivity contribution in [2.75, 3.05) is 13.2 Å². The van der Waals surface area contributed by atoms with E-state index >= 15 is 0 Å². The number of carbonyl (C=O) groups excluding carboxylic acids is 1. The van der Waals surface area contributed by atoms with Crippen molar-refractivity contribution in [2.45, 2.75) is 26.2 Å². The van der Waals surface area contributed by atoms with E-state index in [0.29, 0.717) is 30.6 Å². The largest absolute Gasteiger partial charge is 1.00 e. The Hall–Kier alpha value is -1.68. The maximum atomic E-state index is 13.3. The van der Waals surface area contributed by atoms with E-state index in [9.17, 15) is 31.1 Å². The smallest absolute Gasteiger partial charge is 1.00 e. The van der Waals surface area contributed by atoms with Gasteiger partial charge in [-0.25, -0.2) is 0 Å². The van der Waals surface area contributed by atoms with Gasteiger partial charge in [-0.1, -0.05) is 6.07 Å². The molecule has 0 spiro atoms. The molecule has 3 nitrogen and oxygen atoms in total. The van der Waals surface area contributed by atoms with Crippen LogP contribution in [0.2, 0.25) is 0 Å². The van der Waals surface area contributed by atoms with Crippen molar-refractivity contribution in [1.82, 2.24) is 0 Å². The quantitative estimate of drug-likeness (QED) is 0.373. The van der Waals surface area contributed by atoms with Gasteiger partial charge in [0.2, 0.25) is 0 Å². The van der Waals surface area contributed by atoms with Crippen molar-refractivity contribution in [2.24, 2.45) is 0 Å². The van der Waals surface area contributed by atoms with Crippen LogP contribution in [-0.2, 0) is 12.4 Å². The van der Waals surface area contributed by atoms with Crippen LogP contribution in [-0.4, -0.2) is 18.7 Å². The monoisotopic (exact) mass is 446 g/mol. The molecule has 0 amide bonds. The summed E-state index contributed by atoms with van der Waals surface area (Å²) in [7, 11) is -1.01. The molecule has 0 aliphatic rings. The van der Waals surface area contributed by atoms with E-state index in [1.165, 1.54) is 18.2 Å². The fraction of sp³-hybridized carbons (Fsp3) is 0.316. The van der Waals surface area contributed by atoms with Crippen LogP contribution in [0.3, 0.4) is 0 Å². The summed E-state index contributed by atoms with van der Waals surface area (Å²) < 4.78 is 90.5. The number of hydrogen-bond acceptors (Lipinski definition) is 3. The van der Waals surface area contributed by atoms with Crippen molar-refractivity contribution in [3.8, 4) is 11.5 Å². The maximum Gasteiger partial charge on any atom is 1.00 e. The van der Waals surface area contributed by atoms with Gasteiger partial charge in [-0.05, 0) is 46.7 Å². The average molecular weight is 446 g/mol. The van der Waals surface area contributed by atoms with Crippen molar-refractivity contribution in [3.63, 3.8) is 0 Å². The first-order valence-corrected chi connectivity index (χ1v) is 9.47. The zero-order valence-electron chi connectivity index (χ0n) is 17.4. The Bertz CT molecular complexity index is 858. The second-order valence-corrected chi connectivity index (χ2v) is 6.94. The van der Waals surface area contributed by atoms with Gasteiger partial charge in [-0.3, -0.25) is 4.79 Å². The second kappa shape index (κ2) is 10.6. The molecular formula is C19H18F6LiO3P. The van der Waals surface area contributed by atoms with Crippen molar-refractivity contribution in [3.05, 3.63) is 53.1 Å². The summed E-state index contributed by atoms with van der Waals surface area (Å²) in [4.78, 5) is 12.6. The van der Waals surface area contributed by atoms with E-state index in [4.69, 9.17) is 9.47 Å². The zero-order valence-corrected chi connectivity index (χ0v) is 17.4. The SMILES string of the molecule is CCOc1ccc(PC(=O)c2c(C(F)(F)F)cccc2C(F)(F)F)c(OCC)c1.[H-].[Li+]. The van der Waals surface area contributed by atoms with Gasteiger partial charge in [0.15, 0.2) is 5.52 Å². The molecule has 0 N–H and O–H groups in total. The first-order valence-electron chi connectivity index (χ1n) is 8.47. The standard InChI is InChI=1S/C19H17F6O3P.Li.H/c1-3-27-11-8-9-15(14(10-11)28-4-2)29-17(26)16-12(18(20,21)22)6-5-7-13(16)19(23,24)25;;/h5-10,29H,3-4H2,1-2H3;;/q;+1;-1. The maximum absolute atomic E-state index is 13.3. The predicted molar refractivity (Wildman–Crippen MR) is 98.6 cm³/mol. The van der Waals surface area contributed by atoms with Crippen LogP contribution in [0, 0.1) is 0 Å². The number of ether oxygens (including phenoxy) is 2. The van der Waals surface area contributed by atoms with Crippen LogP contribution in [0.4, 0.5) is 26.3 Å². The molecule has 2 rings (SSSR count). The number of hydrogen-bond donors (Lipinski definition) is 0. The van der Waals surface area contributed by atoms with E-state index in [1.54, 1.807) is 13.8 Å². The molecule has 0 bridgehead atoms. The fourth-order valence-corrected chi connectivity index (χ4v) is 3.66. The molecule has 2 aromatic rings. The van der Waals surface area contributed by atoms with Gasteiger partial charge >= 0.3 is 31.2 Å². The summed E-state index contributed by atoms with van der Waals surface area (Å²) in [5, 5.41) is 0.186. The molecular weight excluding hydrogens is 428 g/mol. The number of rotatable bonds is 7. The predicted octanol–water partition coefficient (Wildman–Crippen LogP) is 2.78. The van der Waals surface area contributed by atoms with Gasteiger partial charge in [-0.2, -0.15) is 26.3 Å². The Morgan fingerprint density at radius 3 is 1.93 bits per heavy atom. The Balaban J connectivity index is 0.00000450. The molecule has 11 heteroatoms. The van der Waals surface area contributed by atoms with Gasteiger partial charge in [0.25, 0.3) is 0 Å². The molecule has 1 atom stereocenters. The normalized spacial score (nSPS) is 12.0. The van der Waals surface area contributed by atoms with E-state index < -0.39 is 43.1 Å².